The van der Waals surface area contributed by atoms with Gasteiger partial charge in [0, 0.05) is 56.5 Å². The SMILES string of the molecule is C.O=C(CC1CCC(CN2C(=O)C=CC2=O)CC1)ON1C(=O)CCC1=O.O=C(CN1C(=O)C=CC1=O)ON1C(=O)CCC1=O. The molecule has 0 radical (unpaired) electrons. The highest BCUT2D eigenvalue weighted by atomic mass is 16.7. The van der Waals surface area contributed by atoms with E-state index in [0.717, 1.165) is 37.8 Å². The molecular formula is C28H32N4O12. The summed E-state index contributed by atoms with van der Waals surface area (Å²) in [7, 11) is 0. The number of carbonyl (C=O) groups is 10. The lowest BCUT2D eigenvalue weighted by Crippen LogP contribution is -2.40. The van der Waals surface area contributed by atoms with Gasteiger partial charge in [0.1, 0.15) is 6.54 Å². The van der Waals surface area contributed by atoms with Gasteiger partial charge in [-0.1, -0.05) is 7.43 Å². The predicted molar refractivity (Wildman–Crippen MR) is 143 cm³/mol. The Morgan fingerprint density at radius 2 is 0.932 bits per heavy atom. The van der Waals surface area contributed by atoms with E-state index in [1.165, 1.54) is 17.1 Å². The van der Waals surface area contributed by atoms with Crippen LogP contribution in [0.3, 0.4) is 0 Å². The molecule has 16 heteroatoms. The van der Waals surface area contributed by atoms with Crippen molar-refractivity contribution in [3.8, 4) is 0 Å². The average Bonchev–Trinajstić information content (AvgIpc) is 3.67. The minimum atomic E-state index is -1.02. The normalized spacial score (nSPS) is 23.0. The Morgan fingerprint density at radius 1 is 0.568 bits per heavy atom. The van der Waals surface area contributed by atoms with Gasteiger partial charge in [-0.3, -0.25) is 48.2 Å². The van der Waals surface area contributed by atoms with Gasteiger partial charge in [-0.25, -0.2) is 9.59 Å². The fourth-order valence-electron chi connectivity index (χ4n) is 5.02. The zero-order valence-electron chi connectivity index (χ0n) is 22.9. The third kappa shape index (κ3) is 8.08. The molecule has 5 rings (SSSR count). The lowest BCUT2D eigenvalue weighted by molar-refractivity contribution is -0.198. The molecule has 3 fully saturated rings. The van der Waals surface area contributed by atoms with Crippen molar-refractivity contribution in [3.63, 3.8) is 0 Å². The van der Waals surface area contributed by atoms with Gasteiger partial charge in [-0.15, -0.1) is 10.1 Å². The topological polar surface area (TPSA) is 202 Å². The molecule has 1 aliphatic carbocycles. The van der Waals surface area contributed by atoms with Crippen molar-refractivity contribution in [2.24, 2.45) is 11.8 Å². The predicted octanol–water partition coefficient (Wildman–Crippen LogP) is -0.130. The summed E-state index contributed by atoms with van der Waals surface area (Å²) in [6, 6.07) is 0. The van der Waals surface area contributed by atoms with Gasteiger partial charge >= 0.3 is 11.9 Å². The Bertz CT molecular complexity index is 1270. The van der Waals surface area contributed by atoms with Gasteiger partial charge in [0.05, 0.1) is 6.42 Å². The number of imide groups is 4. The molecule has 1 saturated carbocycles. The Balaban J connectivity index is 0.000000247. The lowest BCUT2D eigenvalue weighted by atomic mass is 9.80. The van der Waals surface area contributed by atoms with Crippen LogP contribution in [0.25, 0.3) is 0 Å². The molecule has 44 heavy (non-hydrogen) atoms. The lowest BCUT2D eigenvalue weighted by Gasteiger charge is -2.30. The summed E-state index contributed by atoms with van der Waals surface area (Å²) >= 11 is 0. The molecule has 4 aliphatic heterocycles. The van der Waals surface area contributed by atoms with E-state index in [0.29, 0.717) is 21.6 Å². The van der Waals surface area contributed by atoms with Crippen molar-refractivity contribution < 1.29 is 57.6 Å². The first-order chi connectivity index (χ1) is 20.4. The maximum Gasteiger partial charge on any atom is 0.352 e. The van der Waals surface area contributed by atoms with Gasteiger partial charge < -0.3 is 9.68 Å². The molecule has 4 heterocycles. The molecule has 0 bridgehead atoms. The summed E-state index contributed by atoms with van der Waals surface area (Å²) in [6.45, 7) is -0.222. The summed E-state index contributed by atoms with van der Waals surface area (Å²) in [5, 5.41) is 0.937. The Morgan fingerprint density at radius 3 is 1.36 bits per heavy atom. The van der Waals surface area contributed by atoms with E-state index in [4.69, 9.17) is 4.84 Å². The van der Waals surface area contributed by atoms with E-state index < -0.39 is 53.9 Å². The van der Waals surface area contributed by atoms with Gasteiger partial charge in [0.25, 0.3) is 47.3 Å². The molecule has 0 aromatic carbocycles. The highest BCUT2D eigenvalue weighted by Gasteiger charge is 2.36. The van der Waals surface area contributed by atoms with Crippen LogP contribution in [-0.4, -0.2) is 92.2 Å². The second-order valence-electron chi connectivity index (χ2n) is 10.4. The van der Waals surface area contributed by atoms with Crippen molar-refractivity contribution in [1.29, 1.82) is 0 Å². The zero-order valence-corrected chi connectivity index (χ0v) is 22.9. The first-order valence-corrected chi connectivity index (χ1v) is 13.6. The second-order valence-corrected chi connectivity index (χ2v) is 10.4. The fraction of sp³-hybridized carbons (Fsp3) is 0.500. The third-order valence-corrected chi connectivity index (χ3v) is 7.35. The maximum absolute atomic E-state index is 11.9. The second kappa shape index (κ2) is 14.4. The molecule has 236 valence electrons. The molecule has 16 nitrogen and oxygen atoms in total. The Kier molecular flexibility index (Phi) is 11.0. The first kappa shape index (κ1) is 33.5. The number of carbonyl (C=O) groups excluding carboxylic acids is 10. The molecule has 0 N–H and O–H groups in total. The molecule has 0 unspecified atom stereocenters. The summed E-state index contributed by atoms with van der Waals surface area (Å²) in [6.07, 6.45) is 8.08. The van der Waals surface area contributed by atoms with Crippen molar-refractivity contribution >= 4 is 59.2 Å². The summed E-state index contributed by atoms with van der Waals surface area (Å²) in [5.74, 6) is -5.24. The maximum atomic E-state index is 11.9. The van der Waals surface area contributed by atoms with Crippen LogP contribution in [0.5, 0.6) is 0 Å². The fourth-order valence-corrected chi connectivity index (χ4v) is 5.02. The minimum Gasteiger partial charge on any atom is -0.330 e. The molecule has 8 amide bonds. The van der Waals surface area contributed by atoms with Crippen molar-refractivity contribution in [2.45, 2.75) is 65.2 Å². The van der Waals surface area contributed by atoms with E-state index in [-0.39, 0.29) is 63.2 Å². The number of hydrogen-bond acceptors (Lipinski definition) is 12. The molecule has 2 saturated heterocycles. The third-order valence-electron chi connectivity index (χ3n) is 7.35. The molecular weight excluding hydrogens is 584 g/mol. The monoisotopic (exact) mass is 616 g/mol. The van der Waals surface area contributed by atoms with Crippen molar-refractivity contribution in [3.05, 3.63) is 24.3 Å². The highest BCUT2D eigenvalue weighted by Crippen LogP contribution is 2.32. The van der Waals surface area contributed by atoms with E-state index >= 15 is 0 Å². The molecule has 5 aliphatic rings. The highest BCUT2D eigenvalue weighted by molar-refractivity contribution is 6.14. The van der Waals surface area contributed by atoms with Gasteiger partial charge in [-0.2, -0.15) is 0 Å². The number of hydrogen-bond donors (Lipinski definition) is 0. The van der Waals surface area contributed by atoms with E-state index in [2.05, 4.69) is 4.84 Å². The smallest absolute Gasteiger partial charge is 0.330 e. The Labute approximate surface area is 251 Å². The van der Waals surface area contributed by atoms with Crippen LogP contribution in [-0.2, 0) is 57.6 Å². The van der Waals surface area contributed by atoms with Gasteiger partial charge in [0.15, 0.2) is 0 Å². The molecule has 0 spiro atoms. The largest absolute Gasteiger partial charge is 0.352 e. The van der Waals surface area contributed by atoms with Gasteiger partial charge in [-0.05, 0) is 37.5 Å². The quantitative estimate of drug-likeness (QED) is 0.327. The van der Waals surface area contributed by atoms with Crippen LogP contribution in [0, 0.1) is 11.8 Å². The van der Waals surface area contributed by atoms with Crippen LogP contribution in [0.4, 0.5) is 0 Å². The summed E-state index contributed by atoms with van der Waals surface area (Å²) in [4.78, 5) is 125. The average molecular weight is 617 g/mol. The number of nitrogens with zero attached hydrogens (tertiary/aromatic N) is 4. The number of hydroxylamine groups is 4. The minimum absolute atomic E-state index is 0. The molecule has 0 atom stereocenters. The van der Waals surface area contributed by atoms with Crippen LogP contribution in [0.1, 0.15) is 65.2 Å². The first-order valence-electron chi connectivity index (χ1n) is 13.6. The van der Waals surface area contributed by atoms with Crippen molar-refractivity contribution in [2.75, 3.05) is 13.1 Å². The van der Waals surface area contributed by atoms with Crippen LogP contribution < -0.4 is 0 Å². The number of rotatable bonds is 8. The van der Waals surface area contributed by atoms with E-state index in [9.17, 15) is 47.9 Å². The van der Waals surface area contributed by atoms with Crippen molar-refractivity contribution in [1.82, 2.24) is 19.9 Å². The van der Waals surface area contributed by atoms with Crippen LogP contribution in [0.15, 0.2) is 24.3 Å². The van der Waals surface area contributed by atoms with Crippen LogP contribution >= 0.6 is 0 Å². The zero-order chi connectivity index (χ0) is 31.3. The summed E-state index contributed by atoms with van der Waals surface area (Å²) in [5.41, 5.74) is 0. The summed E-state index contributed by atoms with van der Waals surface area (Å²) < 4.78 is 0. The van der Waals surface area contributed by atoms with Crippen LogP contribution in [0.2, 0.25) is 0 Å². The molecule has 0 aromatic rings. The number of amides is 8. The van der Waals surface area contributed by atoms with Gasteiger partial charge in [0.2, 0.25) is 0 Å². The van der Waals surface area contributed by atoms with E-state index in [1.807, 2.05) is 0 Å². The standard InChI is InChI=1S/C17H20N2O6.C10H8N2O6.CH4/c20-13-5-6-14(21)18(13)10-12-3-1-11(2-4-12)9-17(24)25-19-15(22)7-8-16(19)23;13-6-1-2-7(14)11(6)5-10(17)18-12-8(15)3-4-9(12)16;/h5-6,11-12H,1-4,7-10H2;1-2H,3-5H2;1H4. The molecule has 0 aromatic heterocycles. The van der Waals surface area contributed by atoms with E-state index in [1.54, 1.807) is 0 Å². The Hall–Kier alpha value is -5.02.